The standard InChI is InChI=1S/C15H32N2O2/c1-7-10-13(8-2)16-11-9-12-17(6)14(18)19-15(3,4)5/h13,16H,7-12H2,1-6H3. The molecule has 0 aromatic heterocycles. The van der Waals surface area contributed by atoms with Gasteiger partial charge < -0.3 is 15.0 Å². The minimum atomic E-state index is -0.419. The van der Waals surface area contributed by atoms with Crippen LogP contribution in [0.5, 0.6) is 0 Å². The van der Waals surface area contributed by atoms with Gasteiger partial charge >= 0.3 is 6.09 Å². The summed E-state index contributed by atoms with van der Waals surface area (Å²) in [7, 11) is 1.79. The maximum Gasteiger partial charge on any atom is 0.410 e. The average molecular weight is 272 g/mol. The summed E-state index contributed by atoms with van der Waals surface area (Å²) in [5.41, 5.74) is -0.419. The SMILES string of the molecule is CCCC(CC)NCCCN(C)C(=O)OC(C)(C)C. The number of ether oxygens (including phenoxy) is 1. The summed E-state index contributed by atoms with van der Waals surface area (Å²) < 4.78 is 5.30. The minimum Gasteiger partial charge on any atom is -0.444 e. The maximum absolute atomic E-state index is 11.7. The molecule has 0 bridgehead atoms. The summed E-state index contributed by atoms with van der Waals surface area (Å²) in [6.45, 7) is 11.8. The molecule has 0 aromatic carbocycles. The third-order valence-electron chi connectivity index (χ3n) is 2.94. The average Bonchev–Trinajstić information content (AvgIpc) is 2.30. The normalized spacial score (nSPS) is 13.2. The van der Waals surface area contributed by atoms with Crippen LogP contribution in [0.1, 0.15) is 60.3 Å². The highest BCUT2D eigenvalue weighted by Crippen LogP contribution is 2.09. The number of amides is 1. The van der Waals surface area contributed by atoms with E-state index in [1.165, 1.54) is 12.8 Å². The molecule has 0 aromatic rings. The molecule has 0 aliphatic heterocycles. The van der Waals surface area contributed by atoms with Crippen LogP contribution in [0, 0.1) is 0 Å². The summed E-state index contributed by atoms with van der Waals surface area (Å²) in [6, 6.07) is 0.608. The second kappa shape index (κ2) is 9.18. The first-order valence-corrected chi connectivity index (χ1v) is 7.47. The molecule has 0 saturated heterocycles. The monoisotopic (exact) mass is 272 g/mol. The van der Waals surface area contributed by atoms with Crippen molar-refractivity contribution in [3.8, 4) is 0 Å². The molecule has 0 spiro atoms. The first-order valence-electron chi connectivity index (χ1n) is 7.47. The fourth-order valence-corrected chi connectivity index (χ4v) is 1.85. The lowest BCUT2D eigenvalue weighted by atomic mass is 10.1. The molecule has 114 valence electrons. The first-order chi connectivity index (χ1) is 8.80. The van der Waals surface area contributed by atoms with E-state index >= 15 is 0 Å². The molecule has 4 heteroatoms. The number of nitrogens with one attached hydrogen (secondary N) is 1. The van der Waals surface area contributed by atoms with E-state index in [2.05, 4.69) is 19.2 Å². The van der Waals surface area contributed by atoms with E-state index in [0.717, 1.165) is 25.9 Å². The van der Waals surface area contributed by atoms with Gasteiger partial charge in [-0.25, -0.2) is 4.79 Å². The van der Waals surface area contributed by atoms with Crippen LogP contribution in [0.15, 0.2) is 0 Å². The van der Waals surface area contributed by atoms with E-state index in [1.807, 2.05) is 20.8 Å². The van der Waals surface area contributed by atoms with E-state index < -0.39 is 5.60 Å². The Bertz CT molecular complexity index is 249. The molecular weight excluding hydrogens is 240 g/mol. The Labute approximate surface area is 118 Å². The summed E-state index contributed by atoms with van der Waals surface area (Å²) in [5, 5.41) is 3.53. The molecule has 19 heavy (non-hydrogen) atoms. The van der Waals surface area contributed by atoms with Crippen molar-refractivity contribution in [2.45, 2.75) is 71.9 Å². The van der Waals surface area contributed by atoms with Gasteiger partial charge in [0, 0.05) is 19.6 Å². The van der Waals surface area contributed by atoms with E-state index in [9.17, 15) is 4.79 Å². The lowest BCUT2D eigenvalue weighted by Crippen LogP contribution is -2.36. The highest BCUT2D eigenvalue weighted by atomic mass is 16.6. The summed E-state index contributed by atoms with van der Waals surface area (Å²) in [5.74, 6) is 0. The lowest BCUT2D eigenvalue weighted by Gasteiger charge is -2.25. The molecular formula is C15H32N2O2. The zero-order valence-corrected chi connectivity index (χ0v) is 13.6. The van der Waals surface area contributed by atoms with Crippen molar-refractivity contribution in [3.63, 3.8) is 0 Å². The summed E-state index contributed by atoms with van der Waals surface area (Å²) in [4.78, 5) is 13.4. The van der Waals surface area contributed by atoms with Gasteiger partial charge in [0.15, 0.2) is 0 Å². The predicted octanol–water partition coefficient (Wildman–Crippen LogP) is 3.41. The summed E-state index contributed by atoms with van der Waals surface area (Å²) >= 11 is 0. The van der Waals surface area contributed by atoms with Crippen LogP contribution in [-0.4, -0.2) is 42.8 Å². The fourth-order valence-electron chi connectivity index (χ4n) is 1.85. The Morgan fingerprint density at radius 1 is 1.32 bits per heavy atom. The van der Waals surface area contributed by atoms with Crippen LogP contribution >= 0.6 is 0 Å². The Morgan fingerprint density at radius 3 is 2.42 bits per heavy atom. The van der Waals surface area contributed by atoms with Crippen LogP contribution < -0.4 is 5.32 Å². The molecule has 1 amide bonds. The Morgan fingerprint density at radius 2 is 1.95 bits per heavy atom. The van der Waals surface area contributed by atoms with Gasteiger partial charge in [0.2, 0.25) is 0 Å². The van der Waals surface area contributed by atoms with Gasteiger partial charge in [0.1, 0.15) is 5.60 Å². The third kappa shape index (κ3) is 9.77. The van der Waals surface area contributed by atoms with Crippen LogP contribution in [0.4, 0.5) is 4.79 Å². The van der Waals surface area contributed by atoms with Gasteiger partial charge in [-0.05, 0) is 46.6 Å². The van der Waals surface area contributed by atoms with Crippen molar-refractivity contribution in [2.24, 2.45) is 0 Å². The van der Waals surface area contributed by atoms with Gasteiger partial charge in [-0.15, -0.1) is 0 Å². The lowest BCUT2D eigenvalue weighted by molar-refractivity contribution is 0.0297. The van der Waals surface area contributed by atoms with Crippen molar-refractivity contribution in [1.82, 2.24) is 10.2 Å². The van der Waals surface area contributed by atoms with Gasteiger partial charge in [0.05, 0.1) is 0 Å². The van der Waals surface area contributed by atoms with E-state index in [1.54, 1.807) is 11.9 Å². The van der Waals surface area contributed by atoms with Crippen molar-refractivity contribution >= 4 is 6.09 Å². The predicted molar refractivity (Wildman–Crippen MR) is 80.5 cm³/mol. The molecule has 1 atom stereocenters. The van der Waals surface area contributed by atoms with Gasteiger partial charge in [-0.3, -0.25) is 0 Å². The highest BCUT2D eigenvalue weighted by molar-refractivity contribution is 5.67. The van der Waals surface area contributed by atoms with Crippen LogP contribution in [0.3, 0.4) is 0 Å². The van der Waals surface area contributed by atoms with Crippen LogP contribution in [-0.2, 0) is 4.74 Å². The first kappa shape index (κ1) is 18.2. The van der Waals surface area contributed by atoms with Gasteiger partial charge in [0.25, 0.3) is 0 Å². The molecule has 0 rings (SSSR count). The molecule has 0 aliphatic rings. The zero-order chi connectivity index (χ0) is 14.9. The largest absolute Gasteiger partial charge is 0.444 e. The van der Waals surface area contributed by atoms with Gasteiger partial charge in [-0.1, -0.05) is 20.3 Å². The van der Waals surface area contributed by atoms with E-state index in [0.29, 0.717) is 6.04 Å². The number of nitrogens with zero attached hydrogens (tertiary/aromatic N) is 1. The van der Waals surface area contributed by atoms with Gasteiger partial charge in [-0.2, -0.15) is 0 Å². The quantitative estimate of drug-likeness (QED) is 0.688. The molecule has 1 unspecified atom stereocenters. The summed E-state index contributed by atoms with van der Waals surface area (Å²) in [6.07, 6.45) is 4.31. The number of carbonyl (C=O) groups is 1. The van der Waals surface area contributed by atoms with Crippen molar-refractivity contribution in [1.29, 1.82) is 0 Å². The molecule has 0 heterocycles. The van der Waals surface area contributed by atoms with Crippen LogP contribution in [0.25, 0.3) is 0 Å². The second-order valence-electron chi connectivity index (χ2n) is 6.10. The minimum absolute atomic E-state index is 0.243. The molecule has 4 nitrogen and oxygen atoms in total. The second-order valence-corrected chi connectivity index (χ2v) is 6.10. The topological polar surface area (TPSA) is 41.6 Å². The molecule has 0 saturated carbocycles. The van der Waals surface area contributed by atoms with Crippen molar-refractivity contribution in [3.05, 3.63) is 0 Å². The van der Waals surface area contributed by atoms with E-state index in [4.69, 9.17) is 4.74 Å². The Kier molecular flexibility index (Phi) is 8.81. The third-order valence-corrected chi connectivity index (χ3v) is 2.94. The zero-order valence-electron chi connectivity index (χ0n) is 13.6. The maximum atomic E-state index is 11.7. The van der Waals surface area contributed by atoms with Crippen molar-refractivity contribution < 1.29 is 9.53 Å². The number of rotatable bonds is 8. The highest BCUT2D eigenvalue weighted by Gasteiger charge is 2.19. The molecule has 0 fully saturated rings. The number of hydrogen-bond acceptors (Lipinski definition) is 3. The smallest absolute Gasteiger partial charge is 0.410 e. The van der Waals surface area contributed by atoms with Crippen LogP contribution in [0.2, 0.25) is 0 Å². The number of carbonyl (C=O) groups excluding carboxylic acids is 1. The Hall–Kier alpha value is -0.770. The molecule has 1 N–H and O–H groups in total. The molecule has 0 radical (unpaired) electrons. The Balaban J connectivity index is 3.79. The fraction of sp³-hybridized carbons (Fsp3) is 0.933. The number of hydrogen-bond donors (Lipinski definition) is 1. The molecule has 0 aliphatic carbocycles. The van der Waals surface area contributed by atoms with Crippen molar-refractivity contribution in [2.75, 3.05) is 20.1 Å². The van der Waals surface area contributed by atoms with E-state index in [-0.39, 0.29) is 6.09 Å².